The van der Waals surface area contributed by atoms with Crippen molar-refractivity contribution in [2.45, 2.75) is 19.3 Å². The van der Waals surface area contributed by atoms with Crippen LogP contribution in [0.5, 0.6) is 0 Å². The van der Waals surface area contributed by atoms with Crippen molar-refractivity contribution in [2.75, 3.05) is 0 Å². The molecule has 0 bridgehead atoms. The summed E-state index contributed by atoms with van der Waals surface area (Å²) in [6, 6.07) is 13.2. The SMILES string of the molecule is C/C(=N/NC(=O)C(Cc1ccccc1)c1c(F)cccc1Cl)C(=O)O. The van der Waals surface area contributed by atoms with Gasteiger partial charge in [0.1, 0.15) is 11.5 Å². The van der Waals surface area contributed by atoms with Crippen LogP contribution in [0.2, 0.25) is 5.02 Å². The third-order valence-corrected chi connectivity index (χ3v) is 3.92. The summed E-state index contributed by atoms with van der Waals surface area (Å²) in [7, 11) is 0. The van der Waals surface area contributed by atoms with Gasteiger partial charge in [0.05, 0.1) is 5.92 Å². The molecule has 2 aromatic rings. The van der Waals surface area contributed by atoms with E-state index in [0.717, 1.165) is 5.56 Å². The minimum atomic E-state index is -1.26. The fourth-order valence-electron chi connectivity index (χ4n) is 2.28. The molecule has 0 aromatic heterocycles. The van der Waals surface area contributed by atoms with E-state index in [9.17, 15) is 14.0 Å². The maximum atomic E-state index is 14.3. The minimum Gasteiger partial charge on any atom is -0.477 e. The summed E-state index contributed by atoms with van der Waals surface area (Å²) in [6.07, 6.45) is 0.189. The molecule has 5 nitrogen and oxygen atoms in total. The van der Waals surface area contributed by atoms with Crippen LogP contribution in [0.3, 0.4) is 0 Å². The minimum absolute atomic E-state index is 0.0497. The zero-order valence-corrected chi connectivity index (χ0v) is 14.1. The Morgan fingerprint density at radius 3 is 2.48 bits per heavy atom. The number of hydrogen-bond donors (Lipinski definition) is 2. The predicted molar refractivity (Wildman–Crippen MR) is 93.2 cm³/mol. The molecule has 0 radical (unpaired) electrons. The molecule has 0 heterocycles. The lowest BCUT2D eigenvalue weighted by Crippen LogP contribution is -2.29. The molecular formula is C18H16ClFN2O3. The summed E-state index contributed by atoms with van der Waals surface area (Å²) in [5, 5.41) is 12.5. The van der Waals surface area contributed by atoms with Gasteiger partial charge in [-0.2, -0.15) is 5.10 Å². The van der Waals surface area contributed by atoms with Crippen molar-refractivity contribution in [2.24, 2.45) is 5.10 Å². The van der Waals surface area contributed by atoms with Gasteiger partial charge in [0.15, 0.2) is 0 Å². The molecule has 0 aliphatic carbocycles. The van der Waals surface area contributed by atoms with Crippen molar-refractivity contribution in [3.8, 4) is 0 Å². The van der Waals surface area contributed by atoms with Gasteiger partial charge in [-0.15, -0.1) is 0 Å². The lowest BCUT2D eigenvalue weighted by atomic mass is 9.91. The summed E-state index contributed by atoms with van der Waals surface area (Å²) in [4.78, 5) is 23.3. The number of nitrogens with one attached hydrogen (secondary N) is 1. The van der Waals surface area contributed by atoms with Gasteiger partial charge in [-0.1, -0.05) is 48.0 Å². The van der Waals surface area contributed by atoms with E-state index in [2.05, 4.69) is 10.5 Å². The van der Waals surface area contributed by atoms with Gasteiger partial charge < -0.3 is 5.11 Å². The van der Waals surface area contributed by atoms with Gasteiger partial charge in [-0.05, 0) is 31.0 Å². The van der Waals surface area contributed by atoms with Crippen LogP contribution >= 0.6 is 11.6 Å². The molecule has 2 aromatic carbocycles. The van der Waals surface area contributed by atoms with Crippen molar-refractivity contribution >= 4 is 29.2 Å². The van der Waals surface area contributed by atoms with E-state index in [1.54, 1.807) is 24.3 Å². The Hall–Kier alpha value is -2.73. The molecule has 2 rings (SSSR count). The van der Waals surface area contributed by atoms with Crippen LogP contribution in [0.15, 0.2) is 53.6 Å². The smallest absolute Gasteiger partial charge is 0.351 e. The normalized spacial score (nSPS) is 12.5. The number of carbonyl (C=O) groups is 2. The molecule has 0 saturated heterocycles. The number of halogens is 2. The van der Waals surface area contributed by atoms with E-state index in [1.165, 1.54) is 25.1 Å². The first-order valence-electron chi connectivity index (χ1n) is 7.45. The number of rotatable bonds is 6. The third-order valence-electron chi connectivity index (χ3n) is 3.59. The molecule has 1 amide bonds. The van der Waals surface area contributed by atoms with E-state index in [-0.39, 0.29) is 22.7 Å². The summed E-state index contributed by atoms with van der Waals surface area (Å²) in [6.45, 7) is 1.24. The van der Waals surface area contributed by atoms with Crippen LogP contribution in [-0.4, -0.2) is 22.7 Å². The standard InChI is InChI=1S/C18H16ClFN2O3/c1-11(18(24)25)21-22-17(23)13(10-12-6-3-2-4-7-12)16-14(19)8-5-9-15(16)20/h2-9,13H,10H2,1H3,(H,22,23)(H,24,25)/b21-11-. The highest BCUT2D eigenvalue weighted by Gasteiger charge is 2.26. The Morgan fingerprint density at radius 1 is 1.20 bits per heavy atom. The monoisotopic (exact) mass is 362 g/mol. The number of carboxylic acid groups (broad SMARTS) is 1. The van der Waals surface area contributed by atoms with Gasteiger partial charge in [-0.3, -0.25) is 4.79 Å². The Kier molecular flexibility index (Phi) is 6.25. The number of aliphatic carboxylic acids is 1. The quantitative estimate of drug-likeness (QED) is 0.610. The molecule has 0 saturated carbocycles. The summed E-state index contributed by atoms with van der Waals surface area (Å²) in [5.74, 6) is -3.47. The number of amides is 1. The van der Waals surface area contributed by atoms with Crippen molar-refractivity contribution in [3.63, 3.8) is 0 Å². The average Bonchev–Trinajstić information content (AvgIpc) is 2.59. The van der Waals surface area contributed by atoms with Crippen LogP contribution in [0.1, 0.15) is 24.0 Å². The van der Waals surface area contributed by atoms with Gasteiger partial charge >= 0.3 is 5.97 Å². The molecule has 0 spiro atoms. The van der Waals surface area contributed by atoms with E-state index in [4.69, 9.17) is 16.7 Å². The van der Waals surface area contributed by atoms with E-state index < -0.39 is 23.6 Å². The average molecular weight is 363 g/mol. The second kappa shape index (κ2) is 8.39. The molecule has 1 unspecified atom stereocenters. The Labute approximate surface area is 149 Å². The fraction of sp³-hybridized carbons (Fsp3) is 0.167. The van der Waals surface area contributed by atoms with E-state index in [1.807, 2.05) is 6.07 Å². The summed E-state index contributed by atoms with van der Waals surface area (Å²) < 4.78 is 14.3. The van der Waals surface area contributed by atoms with Crippen LogP contribution in [0.4, 0.5) is 4.39 Å². The molecule has 2 N–H and O–H groups in total. The van der Waals surface area contributed by atoms with Crippen LogP contribution in [-0.2, 0) is 16.0 Å². The molecular weight excluding hydrogens is 347 g/mol. The molecule has 7 heteroatoms. The van der Waals surface area contributed by atoms with E-state index in [0.29, 0.717) is 0 Å². The fourth-order valence-corrected chi connectivity index (χ4v) is 2.58. The highest BCUT2D eigenvalue weighted by molar-refractivity contribution is 6.34. The highest BCUT2D eigenvalue weighted by Crippen LogP contribution is 2.30. The Morgan fingerprint density at radius 2 is 1.88 bits per heavy atom. The molecule has 1 atom stereocenters. The Balaban J connectivity index is 2.37. The van der Waals surface area contributed by atoms with Crippen molar-refractivity contribution in [1.82, 2.24) is 5.43 Å². The van der Waals surface area contributed by atoms with Crippen LogP contribution in [0.25, 0.3) is 0 Å². The molecule has 0 aliphatic rings. The largest absolute Gasteiger partial charge is 0.477 e. The van der Waals surface area contributed by atoms with Crippen molar-refractivity contribution in [3.05, 3.63) is 70.5 Å². The molecule has 130 valence electrons. The second-order valence-corrected chi connectivity index (χ2v) is 5.76. The summed E-state index contributed by atoms with van der Waals surface area (Å²) in [5.41, 5.74) is 2.75. The van der Waals surface area contributed by atoms with Gasteiger partial charge in [0, 0.05) is 10.6 Å². The molecule has 0 fully saturated rings. The number of carboxylic acids is 1. The highest BCUT2D eigenvalue weighted by atomic mass is 35.5. The number of hydrogen-bond acceptors (Lipinski definition) is 3. The van der Waals surface area contributed by atoms with Crippen LogP contribution < -0.4 is 5.43 Å². The number of benzene rings is 2. The number of carbonyl (C=O) groups excluding carboxylic acids is 1. The lowest BCUT2D eigenvalue weighted by Gasteiger charge is -2.18. The zero-order valence-electron chi connectivity index (χ0n) is 13.4. The first kappa shape index (κ1) is 18.6. The topological polar surface area (TPSA) is 78.8 Å². The van der Waals surface area contributed by atoms with E-state index >= 15 is 0 Å². The first-order chi connectivity index (χ1) is 11.9. The van der Waals surface area contributed by atoms with Crippen molar-refractivity contribution < 1.29 is 19.1 Å². The molecule has 25 heavy (non-hydrogen) atoms. The maximum absolute atomic E-state index is 14.3. The lowest BCUT2D eigenvalue weighted by molar-refractivity contribution is -0.129. The maximum Gasteiger partial charge on any atom is 0.351 e. The van der Waals surface area contributed by atoms with Gasteiger partial charge in [0.2, 0.25) is 5.91 Å². The second-order valence-electron chi connectivity index (χ2n) is 5.36. The van der Waals surface area contributed by atoms with Gasteiger partial charge in [-0.25, -0.2) is 14.6 Å². The Bertz CT molecular complexity index is 789. The van der Waals surface area contributed by atoms with Crippen molar-refractivity contribution in [1.29, 1.82) is 0 Å². The molecule has 0 aliphatic heterocycles. The van der Waals surface area contributed by atoms with Crippen LogP contribution in [0, 0.1) is 5.82 Å². The number of nitrogens with zero attached hydrogens (tertiary/aromatic N) is 1. The van der Waals surface area contributed by atoms with Gasteiger partial charge in [0.25, 0.3) is 0 Å². The number of hydrazone groups is 1. The first-order valence-corrected chi connectivity index (χ1v) is 7.83. The third kappa shape index (κ3) is 4.87. The summed E-state index contributed by atoms with van der Waals surface area (Å²) >= 11 is 6.10. The zero-order chi connectivity index (χ0) is 18.4. The predicted octanol–water partition coefficient (Wildman–Crippen LogP) is 3.38.